The van der Waals surface area contributed by atoms with Crippen molar-refractivity contribution in [1.29, 1.82) is 0 Å². The highest BCUT2D eigenvalue weighted by atomic mass is 32.2. The molecule has 2 N–H and O–H groups in total. The van der Waals surface area contributed by atoms with Crippen molar-refractivity contribution in [2.24, 2.45) is 0 Å². The van der Waals surface area contributed by atoms with Crippen molar-refractivity contribution in [3.05, 3.63) is 42.4 Å². The summed E-state index contributed by atoms with van der Waals surface area (Å²) in [6.45, 7) is 0.183. The third kappa shape index (κ3) is 2.94. The second kappa shape index (κ2) is 5.56. The SMILES string of the molecule is CN(C)S(=O)(=O)c1ccc(N)c(OCc2ccco2)c1. The second-order valence-electron chi connectivity index (χ2n) is 4.36. The summed E-state index contributed by atoms with van der Waals surface area (Å²) < 4.78 is 35.8. The smallest absolute Gasteiger partial charge is 0.242 e. The molecule has 0 aliphatic carbocycles. The van der Waals surface area contributed by atoms with E-state index in [4.69, 9.17) is 14.9 Å². The van der Waals surface area contributed by atoms with Crippen molar-refractivity contribution in [2.45, 2.75) is 11.5 Å². The Morgan fingerprint density at radius 1 is 1.30 bits per heavy atom. The predicted molar refractivity (Wildman–Crippen MR) is 74.8 cm³/mol. The first-order chi connectivity index (χ1) is 9.41. The predicted octanol–water partition coefficient (Wildman–Crippen LogP) is 1.69. The first kappa shape index (κ1) is 14.4. The lowest BCUT2D eigenvalue weighted by Crippen LogP contribution is -2.22. The van der Waals surface area contributed by atoms with Crippen molar-refractivity contribution in [3.63, 3.8) is 0 Å². The second-order valence-corrected chi connectivity index (χ2v) is 6.51. The molecule has 0 aliphatic rings. The molecule has 0 spiro atoms. The molecule has 1 aromatic heterocycles. The summed E-state index contributed by atoms with van der Waals surface area (Å²) in [6, 6.07) is 7.87. The normalized spacial score (nSPS) is 11.8. The van der Waals surface area contributed by atoms with E-state index in [1.54, 1.807) is 12.1 Å². The molecule has 0 amide bonds. The third-order valence-electron chi connectivity index (χ3n) is 2.71. The van der Waals surface area contributed by atoms with E-state index in [9.17, 15) is 8.42 Å². The summed E-state index contributed by atoms with van der Waals surface area (Å²) in [5.41, 5.74) is 6.15. The number of furan rings is 1. The van der Waals surface area contributed by atoms with Crippen LogP contribution in [0.1, 0.15) is 5.76 Å². The maximum Gasteiger partial charge on any atom is 0.242 e. The van der Waals surface area contributed by atoms with Crippen molar-refractivity contribution < 1.29 is 17.6 Å². The van der Waals surface area contributed by atoms with E-state index in [2.05, 4.69) is 0 Å². The summed E-state index contributed by atoms with van der Waals surface area (Å²) in [5, 5.41) is 0. The zero-order valence-corrected chi connectivity index (χ0v) is 12.1. The highest BCUT2D eigenvalue weighted by molar-refractivity contribution is 7.89. The molecule has 1 aromatic carbocycles. The number of nitrogen functional groups attached to an aromatic ring is 1. The van der Waals surface area contributed by atoms with Gasteiger partial charge in [-0.05, 0) is 24.3 Å². The van der Waals surface area contributed by atoms with Crippen LogP contribution in [-0.2, 0) is 16.6 Å². The van der Waals surface area contributed by atoms with Gasteiger partial charge in [0.05, 0.1) is 16.8 Å². The number of anilines is 1. The number of hydrogen-bond acceptors (Lipinski definition) is 5. The molecule has 0 fully saturated rings. The minimum atomic E-state index is -3.51. The lowest BCUT2D eigenvalue weighted by Gasteiger charge is -2.13. The number of rotatable bonds is 5. The molecule has 2 rings (SSSR count). The van der Waals surface area contributed by atoms with Crippen molar-refractivity contribution >= 4 is 15.7 Å². The van der Waals surface area contributed by atoms with E-state index in [0.717, 1.165) is 4.31 Å². The number of benzene rings is 1. The van der Waals surface area contributed by atoms with Gasteiger partial charge >= 0.3 is 0 Å². The molecule has 1 heterocycles. The lowest BCUT2D eigenvalue weighted by atomic mass is 10.3. The standard InChI is InChI=1S/C13H16N2O4S/c1-15(2)20(16,17)11-5-6-12(14)13(8-11)19-9-10-4-3-7-18-10/h3-8H,9,14H2,1-2H3. The Morgan fingerprint density at radius 2 is 2.05 bits per heavy atom. The Balaban J connectivity index is 2.25. The van der Waals surface area contributed by atoms with Gasteiger partial charge in [0, 0.05) is 20.2 Å². The molecule has 108 valence electrons. The van der Waals surface area contributed by atoms with Gasteiger partial charge in [0.1, 0.15) is 18.1 Å². The van der Waals surface area contributed by atoms with Gasteiger partial charge in [0.15, 0.2) is 0 Å². The van der Waals surface area contributed by atoms with E-state index < -0.39 is 10.0 Å². The van der Waals surface area contributed by atoms with Gasteiger partial charge < -0.3 is 14.9 Å². The van der Waals surface area contributed by atoms with E-state index in [0.29, 0.717) is 17.2 Å². The number of hydrogen-bond donors (Lipinski definition) is 1. The average Bonchev–Trinajstić information content (AvgIpc) is 2.90. The molecule has 0 radical (unpaired) electrons. The van der Waals surface area contributed by atoms with Crippen LogP contribution >= 0.6 is 0 Å². The molecular weight excluding hydrogens is 280 g/mol. The average molecular weight is 296 g/mol. The summed E-state index contributed by atoms with van der Waals surface area (Å²) in [6.07, 6.45) is 1.54. The van der Waals surface area contributed by atoms with Crippen LogP contribution in [0.3, 0.4) is 0 Å². The Morgan fingerprint density at radius 3 is 2.65 bits per heavy atom. The monoisotopic (exact) mass is 296 g/mol. The maximum absolute atomic E-state index is 12.0. The fourth-order valence-corrected chi connectivity index (χ4v) is 2.47. The quantitative estimate of drug-likeness (QED) is 0.849. The van der Waals surface area contributed by atoms with Crippen LogP contribution in [0, 0.1) is 0 Å². The van der Waals surface area contributed by atoms with Gasteiger partial charge in [0.2, 0.25) is 10.0 Å². The van der Waals surface area contributed by atoms with E-state index in [1.165, 1.54) is 38.6 Å². The Hall–Kier alpha value is -1.99. The van der Waals surface area contributed by atoms with Gasteiger partial charge in [-0.1, -0.05) is 0 Å². The van der Waals surface area contributed by atoms with Gasteiger partial charge in [-0.3, -0.25) is 0 Å². The van der Waals surface area contributed by atoms with Crippen molar-refractivity contribution in [1.82, 2.24) is 4.31 Å². The molecule has 0 aliphatic heterocycles. The van der Waals surface area contributed by atoms with Crippen LogP contribution in [-0.4, -0.2) is 26.8 Å². The Kier molecular flexibility index (Phi) is 4.01. The molecule has 0 atom stereocenters. The highest BCUT2D eigenvalue weighted by Crippen LogP contribution is 2.27. The van der Waals surface area contributed by atoms with Crippen LogP contribution in [0.15, 0.2) is 45.9 Å². The van der Waals surface area contributed by atoms with Crippen molar-refractivity contribution in [2.75, 3.05) is 19.8 Å². The van der Waals surface area contributed by atoms with Crippen LogP contribution in [0.25, 0.3) is 0 Å². The van der Waals surface area contributed by atoms with Gasteiger partial charge in [-0.25, -0.2) is 12.7 Å². The first-order valence-electron chi connectivity index (χ1n) is 5.88. The van der Waals surface area contributed by atoms with Crippen LogP contribution < -0.4 is 10.5 Å². The van der Waals surface area contributed by atoms with E-state index >= 15 is 0 Å². The van der Waals surface area contributed by atoms with E-state index in [1.807, 2.05) is 0 Å². The van der Waals surface area contributed by atoms with E-state index in [-0.39, 0.29) is 11.5 Å². The Bertz CT molecular complexity index is 678. The minimum Gasteiger partial charge on any atom is -0.483 e. The zero-order valence-electron chi connectivity index (χ0n) is 11.2. The third-order valence-corrected chi connectivity index (χ3v) is 4.52. The topological polar surface area (TPSA) is 85.8 Å². The van der Waals surface area contributed by atoms with Gasteiger partial charge in [0.25, 0.3) is 0 Å². The number of nitrogens with two attached hydrogens (primary N) is 1. The molecule has 0 saturated heterocycles. The molecular formula is C13H16N2O4S. The first-order valence-corrected chi connectivity index (χ1v) is 7.32. The zero-order chi connectivity index (χ0) is 14.8. The summed E-state index contributed by atoms with van der Waals surface area (Å²) in [7, 11) is -0.579. The lowest BCUT2D eigenvalue weighted by molar-refractivity contribution is 0.271. The molecule has 20 heavy (non-hydrogen) atoms. The summed E-state index contributed by atoms with van der Waals surface area (Å²) in [5.74, 6) is 0.939. The largest absolute Gasteiger partial charge is 0.483 e. The molecule has 0 unspecified atom stereocenters. The number of sulfonamides is 1. The highest BCUT2D eigenvalue weighted by Gasteiger charge is 2.18. The molecule has 2 aromatic rings. The Labute approximate surface area is 117 Å². The number of ether oxygens (including phenoxy) is 1. The molecule has 6 nitrogen and oxygen atoms in total. The fraction of sp³-hybridized carbons (Fsp3) is 0.231. The molecule has 0 saturated carbocycles. The van der Waals surface area contributed by atoms with Crippen LogP contribution in [0.2, 0.25) is 0 Å². The van der Waals surface area contributed by atoms with Gasteiger partial charge in [-0.15, -0.1) is 0 Å². The summed E-state index contributed by atoms with van der Waals surface area (Å²) >= 11 is 0. The van der Waals surface area contributed by atoms with Crippen LogP contribution in [0.5, 0.6) is 5.75 Å². The fourth-order valence-electron chi connectivity index (χ4n) is 1.55. The maximum atomic E-state index is 12.0. The molecule has 7 heteroatoms. The molecule has 0 bridgehead atoms. The number of nitrogens with zero attached hydrogens (tertiary/aromatic N) is 1. The minimum absolute atomic E-state index is 0.131. The van der Waals surface area contributed by atoms with Gasteiger partial charge in [-0.2, -0.15) is 0 Å². The summed E-state index contributed by atoms with van der Waals surface area (Å²) in [4.78, 5) is 0.131. The van der Waals surface area contributed by atoms with Crippen molar-refractivity contribution in [3.8, 4) is 5.75 Å². The van der Waals surface area contributed by atoms with Crippen LogP contribution in [0.4, 0.5) is 5.69 Å².